The lowest BCUT2D eigenvalue weighted by atomic mass is 10.1. The van der Waals surface area contributed by atoms with E-state index in [1.54, 1.807) is 35.9 Å². The Bertz CT molecular complexity index is 1280. The van der Waals surface area contributed by atoms with Gasteiger partial charge in [-0.25, -0.2) is 9.48 Å². The lowest BCUT2D eigenvalue weighted by Gasteiger charge is -2.05. The van der Waals surface area contributed by atoms with E-state index in [0.717, 1.165) is 10.2 Å². The summed E-state index contributed by atoms with van der Waals surface area (Å²) in [5.74, 6) is -2.01. The number of aromatic nitrogens is 3. The molecule has 2 heterocycles. The molecule has 9 heteroatoms. The third-order valence-electron chi connectivity index (χ3n) is 4.77. The van der Waals surface area contributed by atoms with Gasteiger partial charge in [0.2, 0.25) is 5.88 Å². The average Bonchev–Trinajstić information content (AvgIpc) is 3.29. The highest BCUT2D eigenvalue weighted by atomic mass is 79.9. The molecule has 2 N–H and O–H groups in total. The summed E-state index contributed by atoms with van der Waals surface area (Å²) >= 11 is 3.31. The van der Waals surface area contributed by atoms with Gasteiger partial charge >= 0.3 is 5.97 Å². The van der Waals surface area contributed by atoms with Crippen LogP contribution in [0.1, 0.15) is 32.1 Å². The van der Waals surface area contributed by atoms with Crippen molar-refractivity contribution in [2.45, 2.75) is 13.8 Å². The number of rotatable bonds is 5. The standard InChI is InChI=1S/C22H17BrN4O4/c1-12-17(13(2)27(25-12)16-6-4-3-5-7-16)19-18(22(29)30)21(31-26-19)24-20(28)14-8-10-15(23)11-9-14/h3-11H,1-2H3,(H,24,28)(H,29,30). The first kappa shape index (κ1) is 20.5. The number of nitrogens with zero attached hydrogens (tertiary/aromatic N) is 3. The van der Waals surface area contributed by atoms with Gasteiger partial charge in [-0.3, -0.25) is 10.1 Å². The SMILES string of the molecule is Cc1nn(-c2ccccc2)c(C)c1-c1noc(NC(=O)c2ccc(Br)cc2)c1C(=O)O. The topological polar surface area (TPSA) is 110 Å². The second kappa shape index (κ2) is 8.19. The molecule has 0 atom stereocenters. The summed E-state index contributed by atoms with van der Waals surface area (Å²) in [6.07, 6.45) is 0. The molecule has 0 spiro atoms. The molecule has 2 aromatic heterocycles. The predicted octanol–water partition coefficient (Wildman–Crippen LogP) is 4.86. The number of anilines is 1. The lowest BCUT2D eigenvalue weighted by molar-refractivity contribution is 0.0698. The molecule has 0 radical (unpaired) electrons. The van der Waals surface area contributed by atoms with Crippen LogP contribution in [0, 0.1) is 13.8 Å². The largest absolute Gasteiger partial charge is 0.477 e. The minimum absolute atomic E-state index is 0.107. The molecule has 2 aromatic carbocycles. The molecule has 4 aromatic rings. The van der Waals surface area contributed by atoms with Crippen molar-refractivity contribution >= 4 is 33.7 Å². The summed E-state index contributed by atoms with van der Waals surface area (Å²) in [6.45, 7) is 3.59. The van der Waals surface area contributed by atoms with Gasteiger partial charge in [-0.15, -0.1) is 0 Å². The molecular formula is C22H17BrN4O4. The van der Waals surface area contributed by atoms with Gasteiger partial charge in [0.15, 0.2) is 5.56 Å². The molecule has 0 unspecified atom stereocenters. The normalized spacial score (nSPS) is 10.8. The zero-order chi connectivity index (χ0) is 22.1. The van der Waals surface area contributed by atoms with E-state index in [9.17, 15) is 14.7 Å². The summed E-state index contributed by atoms with van der Waals surface area (Å²) in [5, 5.41) is 20.8. The predicted molar refractivity (Wildman–Crippen MR) is 118 cm³/mol. The molecule has 0 aliphatic carbocycles. The van der Waals surface area contributed by atoms with Gasteiger partial charge < -0.3 is 9.63 Å². The zero-order valence-corrected chi connectivity index (χ0v) is 18.2. The van der Waals surface area contributed by atoms with E-state index in [2.05, 4.69) is 31.5 Å². The highest BCUT2D eigenvalue weighted by Crippen LogP contribution is 2.34. The van der Waals surface area contributed by atoms with Crippen LogP contribution in [0.4, 0.5) is 5.88 Å². The highest BCUT2D eigenvalue weighted by Gasteiger charge is 2.29. The molecule has 156 valence electrons. The Morgan fingerprint density at radius 1 is 1.06 bits per heavy atom. The Hall–Kier alpha value is -3.72. The van der Waals surface area contributed by atoms with Crippen LogP contribution in [-0.4, -0.2) is 31.9 Å². The Labute approximate surface area is 185 Å². The summed E-state index contributed by atoms with van der Waals surface area (Å²) in [4.78, 5) is 24.6. The van der Waals surface area contributed by atoms with Crippen molar-refractivity contribution < 1.29 is 19.2 Å². The van der Waals surface area contributed by atoms with Crippen LogP contribution in [0.2, 0.25) is 0 Å². The first-order chi connectivity index (χ1) is 14.9. The molecule has 0 aliphatic heterocycles. The van der Waals surface area contributed by atoms with Crippen molar-refractivity contribution in [2.75, 3.05) is 5.32 Å². The Morgan fingerprint density at radius 2 is 1.74 bits per heavy atom. The van der Waals surface area contributed by atoms with Gasteiger partial charge in [-0.05, 0) is 50.2 Å². The van der Waals surface area contributed by atoms with Crippen molar-refractivity contribution in [1.82, 2.24) is 14.9 Å². The second-order valence-corrected chi connectivity index (χ2v) is 7.71. The Balaban J connectivity index is 1.75. The van der Waals surface area contributed by atoms with Crippen LogP contribution in [0.5, 0.6) is 0 Å². The molecule has 0 saturated carbocycles. The number of halogens is 1. The van der Waals surface area contributed by atoms with Crippen molar-refractivity contribution in [3.63, 3.8) is 0 Å². The van der Waals surface area contributed by atoms with Crippen LogP contribution in [-0.2, 0) is 0 Å². The van der Waals surface area contributed by atoms with E-state index in [0.29, 0.717) is 22.5 Å². The minimum atomic E-state index is -1.27. The first-order valence-corrected chi connectivity index (χ1v) is 10.1. The van der Waals surface area contributed by atoms with Crippen LogP contribution in [0.25, 0.3) is 16.9 Å². The summed E-state index contributed by atoms with van der Waals surface area (Å²) < 4.78 is 7.77. The molecule has 0 aliphatic rings. The molecule has 31 heavy (non-hydrogen) atoms. The number of carbonyl (C=O) groups is 2. The third-order valence-corrected chi connectivity index (χ3v) is 5.30. The molecule has 0 saturated heterocycles. The highest BCUT2D eigenvalue weighted by molar-refractivity contribution is 9.10. The summed E-state index contributed by atoms with van der Waals surface area (Å²) in [6, 6.07) is 16.1. The molecule has 8 nitrogen and oxygen atoms in total. The number of amides is 1. The third kappa shape index (κ3) is 3.87. The van der Waals surface area contributed by atoms with E-state index in [1.807, 2.05) is 37.3 Å². The number of para-hydroxylation sites is 1. The van der Waals surface area contributed by atoms with Crippen LogP contribution < -0.4 is 5.32 Å². The molecule has 0 bridgehead atoms. The molecule has 0 fully saturated rings. The second-order valence-electron chi connectivity index (χ2n) is 6.79. The molecule has 4 rings (SSSR count). The first-order valence-electron chi connectivity index (χ1n) is 9.28. The maximum Gasteiger partial charge on any atom is 0.343 e. The van der Waals surface area contributed by atoms with Gasteiger partial charge in [0.05, 0.1) is 17.1 Å². The smallest absolute Gasteiger partial charge is 0.343 e. The molecule has 1 amide bonds. The van der Waals surface area contributed by atoms with Gasteiger partial charge in [-0.2, -0.15) is 5.10 Å². The van der Waals surface area contributed by atoms with Crippen LogP contribution in [0.3, 0.4) is 0 Å². The zero-order valence-electron chi connectivity index (χ0n) is 16.6. The fraction of sp³-hybridized carbons (Fsp3) is 0.0909. The number of carboxylic acid groups (broad SMARTS) is 1. The van der Waals surface area contributed by atoms with Gasteiger partial charge in [0.1, 0.15) is 5.69 Å². The number of carboxylic acids is 1. The lowest BCUT2D eigenvalue weighted by Crippen LogP contribution is -2.14. The quantitative estimate of drug-likeness (QED) is 0.422. The Kier molecular flexibility index (Phi) is 5.43. The fourth-order valence-electron chi connectivity index (χ4n) is 3.33. The van der Waals surface area contributed by atoms with E-state index in [4.69, 9.17) is 4.52 Å². The van der Waals surface area contributed by atoms with Crippen molar-refractivity contribution in [3.05, 3.63) is 81.6 Å². The van der Waals surface area contributed by atoms with E-state index >= 15 is 0 Å². The minimum Gasteiger partial charge on any atom is -0.477 e. The number of hydrogen-bond acceptors (Lipinski definition) is 5. The summed E-state index contributed by atoms with van der Waals surface area (Å²) in [5.41, 5.74) is 2.88. The van der Waals surface area contributed by atoms with Crippen molar-refractivity contribution in [1.29, 1.82) is 0 Å². The van der Waals surface area contributed by atoms with E-state index in [1.165, 1.54) is 0 Å². The Morgan fingerprint density at radius 3 is 2.39 bits per heavy atom. The van der Waals surface area contributed by atoms with Crippen LogP contribution in [0.15, 0.2) is 63.6 Å². The van der Waals surface area contributed by atoms with Crippen molar-refractivity contribution in [3.8, 4) is 16.9 Å². The maximum absolute atomic E-state index is 12.5. The number of aryl methyl sites for hydroxylation is 1. The monoisotopic (exact) mass is 480 g/mol. The number of hydrogen-bond donors (Lipinski definition) is 2. The van der Waals surface area contributed by atoms with Gasteiger partial charge in [0, 0.05) is 15.6 Å². The van der Waals surface area contributed by atoms with E-state index in [-0.39, 0.29) is 17.1 Å². The van der Waals surface area contributed by atoms with Crippen LogP contribution >= 0.6 is 15.9 Å². The van der Waals surface area contributed by atoms with Gasteiger partial charge in [-0.1, -0.05) is 39.3 Å². The van der Waals surface area contributed by atoms with E-state index < -0.39 is 11.9 Å². The number of carbonyl (C=O) groups excluding carboxylic acids is 1. The van der Waals surface area contributed by atoms with Gasteiger partial charge in [0.25, 0.3) is 5.91 Å². The number of benzene rings is 2. The number of nitrogens with one attached hydrogen (secondary N) is 1. The summed E-state index contributed by atoms with van der Waals surface area (Å²) in [7, 11) is 0. The average molecular weight is 481 g/mol. The maximum atomic E-state index is 12.5. The van der Waals surface area contributed by atoms with Crippen molar-refractivity contribution in [2.24, 2.45) is 0 Å². The fourth-order valence-corrected chi connectivity index (χ4v) is 3.59. The number of aromatic carboxylic acids is 1. The molecular weight excluding hydrogens is 464 g/mol.